The Kier molecular flexibility index (Phi) is 6.85. The third kappa shape index (κ3) is 5.47. The van der Waals surface area contributed by atoms with Gasteiger partial charge in [0.15, 0.2) is 0 Å². The zero-order valence-corrected chi connectivity index (χ0v) is 18.5. The van der Waals surface area contributed by atoms with Crippen LogP contribution in [0.1, 0.15) is 29.9 Å². The van der Waals surface area contributed by atoms with E-state index in [2.05, 4.69) is 10.2 Å². The number of anilines is 1. The van der Waals surface area contributed by atoms with E-state index >= 15 is 0 Å². The molecule has 4 rings (SSSR count). The SMILES string of the molecule is NC[C@@H](C(=O)Nc1cc2ccccc2s1)c1ccc(COC(=O)C2CC(O[N+](=O)[O-])C2)cc1. The fourth-order valence-corrected chi connectivity index (χ4v) is 4.70. The van der Waals surface area contributed by atoms with Gasteiger partial charge in [0.05, 0.1) is 16.8 Å². The number of nitrogens with zero attached hydrogens (tertiary/aromatic N) is 1. The smallest absolute Gasteiger partial charge is 0.309 e. The van der Waals surface area contributed by atoms with E-state index in [0.29, 0.717) is 0 Å². The van der Waals surface area contributed by atoms with Gasteiger partial charge in [0.25, 0.3) is 5.09 Å². The van der Waals surface area contributed by atoms with Crippen molar-refractivity contribution >= 4 is 38.3 Å². The predicted octanol–water partition coefficient (Wildman–Crippen LogP) is 3.61. The standard InChI is InChI=1S/C23H23N3O6S/c24-12-19(22(27)25-21-11-16-3-1-2-4-20(16)33-21)15-7-5-14(6-8-15)13-31-23(28)17-9-18(10-17)32-26(29)30/h1-8,11,17-19H,9-10,12-13,24H2,(H,25,27)/t17?,18?,19-/m1/s1. The van der Waals surface area contributed by atoms with Crippen LogP contribution < -0.4 is 11.1 Å². The van der Waals surface area contributed by atoms with E-state index in [4.69, 9.17) is 10.5 Å². The summed E-state index contributed by atoms with van der Waals surface area (Å²) in [4.78, 5) is 39.6. The summed E-state index contributed by atoms with van der Waals surface area (Å²) >= 11 is 1.51. The molecule has 0 aliphatic heterocycles. The van der Waals surface area contributed by atoms with Crippen LogP contribution in [0.5, 0.6) is 0 Å². The normalized spacial score (nSPS) is 18.2. The fourth-order valence-electron chi connectivity index (χ4n) is 3.73. The molecule has 1 fully saturated rings. The van der Waals surface area contributed by atoms with Gasteiger partial charge in [-0.05, 0) is 41.5 Å². The highest BCUT2D eigenvalue weighted by Crippen LogP contribution is 2.32. The summed E-state index contributed by atoms with van der Waals surface area (Å²) < 4.78 is 6.40. The maximum absolute atomic E-state index is 12.8. The summed E-state index contributed by atoms with van der Waals surface area (Å²) in [6.45, 7) is 0.234. The number of carbonyl (C=O) groups excluding carboxylic acids is 2. The van der Waals surface area contributed by atoms with Crippen molar-refractivity contribution in [2.45, 2.75) is 31.5 Å². The number of hydrogen-bond donors (Lipinski definition) is 2. The number of fused-ring (bicyclic) bond motifs is 1. The first-order valence-electron chi connectivity index (χ1n) is 10.5. The van der Waals surface area contributed by atoms with Gasteiger partial charge in [-0.3, -0.25) is 9.59 Å². The third-order valence-electron chi connectivity index (χ3n) is 5.65. The number of ether oxygens (including phenoxy) is 1. The minimum absolute atomic E-state index is 0.0810. The minimum Gasteiger partial charge on any atom is -0.461 e. The number of rotatable bonds is 9. The van der Waals surface area contributed by atoms with Crippen molar-refractivity contribution in [3.63, 3.8) is 0 Å². The molecular weight excluding hydrogens is 446 g/mol. The molecule has 1 aliphatic rings. The Morgan fingerprint density at radius 3 is 2.58 bits per heavy atom. The molecule has 1 aromatic heterocycles. The second kappa shape index (κ2) is 9.97. The highest BCUT2D eigenvalue weighted by molar-refractivity contribution is 7.22. The summed E-state index contributed by atoms with van der Waals surface area (Å²) in [6, 6.07) is 17.0. The van der Waals surface area contributed by atoms with Crippen LogP contribution in [0.25, 0.3) is 10.1 Å². The number of nitrogens with one attached hydrogen (secondary N) is 1. The van der Waals surface area contributed by atoms with Gasteiger partial charge in [0.2, 0.25) is 5.91 Å². The Morgan fingerprint density at radius 2 is 1.91 bits per heavy atom. The maximum atomic E-state index is 12.8. The van der Waals surface area contributed by atoms with Crippen molar-refractivity contribution in [1.82, 2.24) is 0 Å². The molecule has 10 heteroatoms. The first-order valence-corrected chi connectivity index (χ1v) is 11.3. The molecule has 1 heterocycles. The van der Waals surface area contributed by atoms with Crippen molar-refractivity contribution in [2.24, 2.45) is 11.7 Å². The lowest BCUT2D eigenvalue weighted by molar-refractivity contribution is -0.772. The molecular formula is C23H23N3O6S. The molecule has 1 amide bonds. The Hall–Kier alpha value is -3.50. The number of nitrogens with two attached hydrogens (primary N) is 1. The molecule has 33 heavy (non-hydrogen) atoms. The molecule has 172 valence electrons. The summed E-state index contributed by atoms with van der Waals surface area (Å²) in [5.74, 6) is -1.47. The van der Waals surface area contributed by atoms with Crippen LogP contribution in [0.2, 0.25) is 0 Å². The van der Waals surface area contributed by atoms with E-state index in [1.54, 1.807) is 24.3 Å². The maximum Gasteiger partial charge on any atom is 0.309 e. The zero-order chi connectivity index (χ0) is 23.4. The summed E-state index contributed by atoms with van der Waals surface area (Å²) in [5.41, 5.74) is 7.43. The summed E-state index contributed by atoms with van der Waals surface area (Å²) in [6.07, 6.45) is 0.0289. The lowest BCUT2D eigenvalue weighted by Crippen LogP contribution is -2.38. The van der Waals surface area contributed by atoms with Gasteiger partial charge in [-0.25, -0.2) is 0 Å². The highest BCUT2D eigenvalue weighted by atomic mass is 32.1. The van der Waals surface area contributed by atoms with Crippen LogP contribution in [-0.2, 0) is 25.8 Å². The Bertz CT molecular complexity index is 1120. The number of carbonyl (C=O) groups is 2. The van der Waals surface area contributed by atoms with Crippen LogP contribution in [0.4, 0.5) is 5.00 Å². The Balaban J connectivity index is 1.30. The molecule has 9 nitrogen and oxygen atoms in total. The van der Waals surface area contributed by atoms with Crippen LogP contribution >= 0.6 is 11.3 Å². The molecule has 1 atom stereocenters. The van der Waals surface area contributed by atoms with Crippen LogP contribution in [0.3, 0.4) is 0 Å². The van der Waals surface area contributed by atoms with Crippen molar-refractivity contribution in [1.29, 1.82) is 0 Å². The average Bonchev–Trinajstić information content (AvgIpc) is 3.17. The van der Waals surface area contributed by atoms with Crippen LogP contribution in [0, 0.1) is 16.0 Å². The average molecular weight is 470 g/mol. The van der Waals surface area contributed by atoms with Crippen molar-refractivity contribution in [3.05, 3.63) is 75.8 Å². The molecule has 0 unspecified atom stereocenters. The summed E-state index contributed by atoms with van der Waals surface area (Å²) in [5, 5.41) is 14.2. The highest BCUT2D eigenvalue weighted by Gasteiger charge is 2.38. The first kappa shape index (κ1) is 22.7. The molecule has 0 radical (unpaired) electrons. The first-order chi connectivity index (χ1) is 15.9. The quantitative estimate of drug-likeness (QED) is 0.278. The Morgan fingerprint density at radius 1 is 1.18 bits per heavy atom. The lowest BCUT2D eigenvalue weighted by Gasteiger charge is -2.31. The zero-order valence-electron chi connectivity index (χ0n) is 17.6. The van der Waals surface area contributed by atoms with Gasteiger partial charge >= 0.3 is 5.97 Å². The molecule has 1 aliphatic carbocycles. The number of thiophene rings is 1. The number of hydrogen-bond acceptors (Lipinski definition) is 8. The second-order valence-electron chi connectivity index (χ2n) is 7.89. The van der Waals surface area contributed by atoms with Crippen LogP contribution in [-0.4, -0.2) is 29.6 Å². The second-order valence-corrected chi connectivity index (χ2v) is 8.98. The number of benzene rings is 2. The van der Waals surface area contributed by atoms with Gasteiger partial charge < -0.3 is 20.6 Å². The Labute approximate surface area is 193 Å². The molecule has 1 saturated carbocycles. The van der Waals surface area contributed by atoms with E-state index in [1.807, 2.05) is 30.3 Å². The molecule has 2 aromatic carbocycles. The van der Waals surface area contributed by atoms with E-state index in [-0.39, 0.29) is 37.8 Å². The number of esters is 1. The topological polar surface area (TPSA) is 134 Å². The predicted molar refractivity (Wildman–Crippen MR) is 123 cm³/mol. The van der Waals surface area contributed by atoms with Crippen molar-refractivity contribution in [3.8, 4) is 0 Å². The molecule has 0 bridgehead atoms. The van der Waals surface area contributed by atoms with Gasteiger partial charge in [-0.1, -0.05) is 42.5 Å². The van der Waals surface area contributed by atoms with E-state index in [9.17, 15) is 19.7 Å². The van der Waals surface area contributed by atoms with E-state index in [1.165, 1.54) is 11.3 Å². The molecule has 0 saturated heterocycles. The minimum atomic E-state index is -0.842. The molecule has 3 aromatic rings. The molecule has 0 spiro atoms. The monoisotopic (exact) mass is 469 g/mol. The third-order valence-corrected chi connectivity index (χ3v) is 6.68. The molecule has 3 N–H and O–H groups in total. The largest absolute Gasteiger partial charge is 0.461 e. The van der Waals surface area contributed by atoms with Gasteiger partial charge in [-0.15, -0.1) is 21.5 Å². The van der Waals surface area contributed by atoms with Crippen molar-refractivity contribution < 1.29 is 24.3 Å². The summed E-state index contributed by atoms with van der Waals surface area (Å²) in [7, 11) is 0. The number of amides is 1. The lowest BCUT2D eigenvalue weighted by atomic mass is 9.82. The van der Waals surface area contributed by atoms with E-state index in [0.717, 1.165) is 26.2 Å². The van der Waals surface area contributed by atoms with Gasteiger partial charge in [-0.2, -0.15) is 0 Å². The fraction of sp³-hybridized carbons (Fsp3) is 0.304. The van der Waals surface area contributed by atoms with Crippen molar-refractivity contribution in [2.75, 3.05) is 11.9 Å². The van der Waals surface area contributed by atoms with E-state index < -0.39 is 23.1 Å². The van der Waals surface area contributed by atoms with Crippen LogP contribution in [0.15, 0.2) is 54.6 Å². The van der Waals surface area contributed by atoms with Gasteiger partial charge in [0, 0.05) is 11.2 Å². The van der Waals surface area contributed by atoms with Gasteiger partial charge in [0.1, 0.15) is 12.7 Å².